The Morgan fingerprint density at radius 1 is 1.33 bits per heavy atom. The molecule has 1 aromatic carbocycles. The lowest BCUT2D eigenvalue weighted by Gasteiger charge is -2.23. The van der Waals surface area contributed by atoms with Gasteiger partial charge in [0.25, 0.3) is 0 Å². The van der Waals surface area contributed by atoms with Crippen LogP contribution in [0.5, 0.6) is 5.75 Å². The summed E-state index contributed by atoms with van der Waals surface area (Å²) in [4.78, 5) is 22.8. The summed E-state index contributed by atoms with van der Waals surface area (Å²) in [5.74, 6) is 0.810. The minimum atomic E-state index is -0.0412. The predicted molar refractivity (Wildman–Crippen MR) is 80.2 cm³/mol. The Hall–Kier alpha value is -2.04. The first-order chi connectivity index (χ1) is 10.0. The molecule has 2 amide bonds. The third-order valence-corrected chi connectivity index (χ3v) is 3.42. The van der Waals surface area contributed by atoms with Gasteiger partial charge in [-0.1, -0.05) is 6.07 Å². The van der Waals surface area contributed by atoms with E-state index in [0.717, 1.165) is 16.9 Å². The first-order valence-electron chi connectivity index (χ1n) is 7.30. The van der Waals surface area contributed by atoms with E-state index in [-0.39, 0.29) is 17.9 Å². The Bertz CT molecular complexity index is 498. The Morgan fingerprint density at radius 3 is 2.67 bits per heavy atom. The highest BCUT2D eigenvalue weighted by molar-refractivity contribution is 5.79. The van der Waals surface area contributed by atoms with Crippen molar-refractivity contribution in [1.82, 2.24) is 10.6 Å². The van der Waals surface area contributed by atoms with Crippen LogP contribution in [0.4, 0.5) is 0 Å². The third kappa shape index (κ3) is 5.10. The molecule has 21 heavy (non-hydrogen) atoms. The highest BCUT2D eigenvalue weighted by Crippen LogP contribution is 2.16. The molecule has 1 aliphatic rings. The van der Waals surface area contributed by atoms with Gasteiger partial charge in [-0.05, 0) is 43.5 Å². The maximum absolute atomic E-state index is 11.8. The van der Waals surface area contributed by atoms with Crippen LogP contribution in [0.2, 0.25) is 0 Å². The van der Waals surface area contributed by atoms with Gasteiger partial charge in [0.05, 0.1) is 13.0 Å². The fourth-order valence-electron chi connectivity index (χ4n) is 2.43. The lowest BCUT2D eigenvalue weighted by atomic mass is 10.1. The number of benzene rings is 1. The lowest BCUT2D eigenvalue weighted by molar-refractivity contribution is -0.125. The van der Waals surface area contributed by atoms with E-state index in [0.29, 0.717) is 32.4 Å². The van der Waals surface area contributed by atoms with Crippen LogP contribution in [0, 0.1) is 13.8 Å². The first-order valence-corrected chi connectivity index (χ1v) is 7.30. The van der Waals surface area contributed by atoms with E-state index in [4.69, 9.17) is 4.74 Å². The molecule has 1 unspecified atom stereocenters. The quantitative estimate of drug-likeness (QED) is 0.863. The second-order valence-corrected chi connectivity index (χ2v) is 5.53. The van der Waals surface area contributed by atoms with E-state index in [1.165, 1.54) is 0 Å². The number of amides is 2. The topological polar surface area (TPSA) is 67.4 Å². The van der Waals surface area contributed by atoms with E-state index in [1.807, 2.05) is 26.0 Å². The number of rotatable bonds is 5. The number of piperidine rings is 1. The van der Waals surface area contributed by atoms with Gasteiger partial charge < -0.3 is 15.4 Å². The molecule has 1 fully saturated rings. The largest absolute Gasteiger partial charge is 0.493 e. The molecule has 114 valence electrons. The van der Waals surface area contributed by atoms with Gasteiger partial charge in [0, 0.05) is 19.0 Å². The molecule has 2 N–H and O–H groups in total. The van der Waals surface area contributed by atoms with Crippen molar-refractivity contribution in [2.24, 2.45) is 0 Å². The van der Waals surface area contributed by atoms with Crippen LogP contribution >= 0.6 is 0 Å². The SMILES string of the molecule is Cc1cc(C)cc(OCCC(=O)NC2CCC(=O)NC2)c1. The number of carbonyl (C=O) groups excluding carboxylic acids is 2. The van der Waals surface area contributed by atoms with Crippen LogP contribution in [0.1, 0.15) is 30.4 Å². The minimum Gasteiger partial charge on any atom is -0.493 e. The maximum Gasteiger partial charge on any atom is 0.223 e. The van der Waals surface area contributed by atoms with E-state index in [1.54, 1.807) is 0 Å². The molecule has 1 heterocycles. The second-order valence-electron chi connectivity index (χ2n) is 5.53. The van der Waals surface area contributed by atoms with Crippen LogP contribution in [0.3, 0.4) is 0 Å². The van der Waals surface area contributed by atoms with Crippen LogP contribution in [-0.2, 0) is 9.59 Å². The Balaban J connectivity index is 1.70. The predicted octanol–water partition coefficient (Wildman–Crippen LogP) is 1.47. The van der Waals surface area contributed by atoms with Crippen molar-refractivity contribution in [3.8, 4) is 5.75 Å². The molecule has 1 saturated heterocycles. The van der Waals surface area contributed by atoms with Crippen molar-refractivity contribution in [2.75, 3.05) is 13.2 Å². The Labute approximate surface area is 125 Å². The molecular weight excluding hydrogens is 268 g/mol. The molecule has 0 aliphatic carbocycles. The standard InChI is InChI=1S/C16H22N2O3/c1-11-7-12(2)9-14(8-11)21-6-5-16(20)18-13-3-4-15(19)17-10-13/h7-9,13H,3-6,10H2,1-2H3,(H,17,19)(H,18,20). The third-order valence-electron chi connectivity index (χ3n) is 3.42. The minimum absolute atomic E-state index is 0.0383. The second kappa shape index (κ2) is 7.11. The molecular formula is C16H22N2O3. The zero-order valence-electron chi connectivity index (χ0n) is 12.6. The van der Waals surface area contributed by atoms with E-state index >= 15 is 0 Å². The van der Waals surface area contributed by atoms with Gasteiger partial charge in [0.15, 0.2) is 0 Å². The highest BCUT2D eigenvalue weighted by atomic mass is 16.5. The van der Waals surface area contributed by atoms with Crippen LogP contribution in [-0.4, -0.2) is 31.0 Å². The van der Waals surface area contributed by atoms with Gasteiger partial charge in [0.2, 0.25) is 11.8 Å². The first kappa shape index (κ1) is 15.4. The lowest BCUT2D eigenvalue weighted by Crippen LogP contribution is -2.47. The number of ether oxygens (including phenoxy) is 1. The van der Waals surface area contributed by atoms with Gasteiger partial charge >= 0.3 is 0 Å². The number of carbonyl (C=O) groups is 2. The Morgan fingerprint density at radius 2 is 2.05 bits per heavy atom. The van der Waals surface area contributed by atoms with Gasteiger partial charge in [0.1, 0.15) is 5.75 Å². The van der Waals surface area contributed by atoms with Gasteiger partial charge in [-0.15, -0.1) is 0 Å². The molecule has 5 nitrogen and oxygen atoms in total. The van der Waals surface area contributed by atoms with Crippen molar-refractivity contribution in [1.29, 1.82) is 0 Å². The van der Waals surface area contributed by atoms with Gasteiger partial charge in [-0.3, -0.25) is 9.59 Å². The number of nitrogens with one attached hydrogen (secondary N) is 2. The van der Waals surface area contributed by atoms with E-state index < -0.39 is 0 Å². The van der Waals surface area contributed by atoms with Crippen LogP contribution in [0.15, 0.2) is 18.2 Å². The van der Waals surface area contributed by atoms with E-state index in [9.17, 15) is 9.59 Å². The molecule has 0 bridgehead atoms. The molecule has 1 atom stereocenters. The van der Waals surface area contributed by atoms with Crippen molar-refractivity contribution < 1.29 is 14.3 Å². The van der Waals surface area contributed by atoms with Crippen molar-refractivity contribution in [2.45, 2.75) is 39.2 Å². The van der Waals surface area contributed by atoms with Gasteiger partial charge in [-0.2, -0.15) is 0 Å². The molecule has 0 spiro atoms. The summed E-state index contributed by atoms with van der Waals surface area (Å²) in [5, 5.41) is 5.66. The van der Waals surface area contributed by atoms with Crippen molar-refractivity contribution >= 4 is 11.8 Å². The summed E-state index contributed by atoms with van der Waals surface area (Å²) in [7, 11) is 0. The number of aryl methyl sites for hydroxylation is 2. The zero-order valence-corrected chi connectivity index (χ0v) is 12.6. The highest BCUT2D eigenvalue weighted by Gasteiger charge is 2.19. The Kier molecular flexibility index (Phi) is 5.20. The van der Waals surface area contributed by atoms with Crippen LogP contribution < -0.4 is 15.4 Å². The molecule has 1 aliphatic heterocycles. The fourth-order valence-corrected chi connectivity index (χ4v) is 2.43. The summed E-state index contributed by atoms with van der Waals surface area (Å²) in [5.41, 5.74) is 2.29. The fraction of sp³-hybridized carbons (Fsp3) is 0.500. The van der Waals surface area contributed by atoms with Crippen molar-refractivity contribution in [3.63, 3.8) is 0 Å². The van der Waals surface area contributed by atoms with E-state index in [2.05, 4.69) is 16.7 Å². The summed E-state index contributed by atoms with van der Waals surface area (Å²) in [6.45, 7) is 4.91. The number of hydrogen-bond donors (Lipinski definition) is 2. The zero-order chi connectivity index (χ0) is 15.2. The van der Waals surface area contributed by atoms with Gasteiger partial charge in [-0.25, -0.2) is 0 Å². The molecule has 0 radical (unpaired) electrons. The molecule has 0 saturated carbocycles. The average Bonchev–Trinajstić information content (AvgIpc) is 2.40. The van der Waals surface area contributed by atoms with Crippen LogP contribution in [0.25, 0.3) is 0 Å². The molecule has 0 aromatic heterocycles. The number of hydrogen-bond acceptors (Lipinski definition) is 3. The summed E-state index contributed by atoms with van der Waals surface area (Å²) >= 11 is 0. The summed E-state index contributed by atoms with van der Waals surface area (Å²) in [6, 6.07) is 6.04. The van der Waals surface area contributed by atoms with Crippen molar-refractivity contribution in [3.05, 3.63) is 29.3 Å². The molecule has 2 rings (SSSR count). The summed E-state index contributed by atoms with van der Waals surface area (Å²) < 4.78 is 5.61. The monoisotopic (exact) mass is 290 g/mol. The summed E-state index contributed by atoms with van der Waals surface area (Å²) in [6.07, 6.45) is 1.50. The molecule has 5 heteroatoms. The average molecular weight is 290 g/mol. The smallest absolute Gasteiger partial charge is 0.223 e. The normalized spacial score (nSPS) is 18.0. The molecule has 1 aromatic rings. The maximum atomic E-state index is 11.8.